The van der Waals surface area contributed by atoms with E-state index in [-0.39, 0.29) is 5.78 Å². The third-order valence-electron chi connectivity index (χ3n) is 2.60. The second-order valence-corrected chi connectivity index (χ2v) is 3.79. The molecule has 0 amide bonds. The Kier molecular flexibility index (Phi) is 3.68. The topological polar surface area (TPSA) is 26.3 Å². The molecule has 2 heteroatoms. The molecular formula is C15H14O2. The Morgan fingerprint density at radius 1 is 1.00 bits per heavy atom. The lowest BCUT2D eigenvalue weighted by molar-refractivity contribution is 0.103. The maximum atomic E-state index is 12.3. The van der Waals surface area contributed by atoms with E-state index in [1.54, 1.807) is 7.11 Å². The molecule has 0 fully saturated rings. The largest absolute Gasteiger partial charge is 0.380 e. The maximum absolute atomic E-state index is 12.3. The number of ether oxygens (including phenoxy) is 1. The van der Waals surface area contributed by atoms with Gasteiger partial charge in [-0.2, -0.15) is 0 Å². The van der Waals surface area contributed by atoms with Crippen LogP contribution in [0.25, 0.3) is 0 Å². The van der Waals surface area contributed by atoms with Crippen LogP contribution in [0.1, 0.15) is 21.5 Å². The lowest BCUT2D eigenvalue weighted by atomic mass is 9.99. The number of ketones is 1. The Hall–Kier alpha value is -1.93. The fourth-order valence-electron chi connectivity index (χ4n) is 1.77. The first-order valence-electron chi connectivity index (χ1n) is 5.49. The molecule has 0 heterocycles. The molecule has 0 spiro atoms. The highest BCUT2D eigenvalue weighted by molar-refractivity contribution is 6.09. The van der Waals surface area contributed by atoms with Crippen molar-refractivity contribution in [3.63, 3.8) is 0 Å². The molecule has 86 valence electrons. The Morgan fingerprint density at radius 3 is 2.35 bits per heavy atom. The molecule has 17 heavy (non-hydrogen) atoms. The molecule has 0 aliphatic heterocycles. The van der Waals surface area contributed by atoms with Gasteiger partial charge in [-0.1, -0.05) is 54.6 Å². The SMILES string of the molecule is COCc1ccccc1C(=O)c1ccccc1. The highest BCUT2D eigenvalue weighted by atomic mass is 16.5. The molecule has 2 nitrogen and oxygen atoms in total. The molecule has 2 aromatic rings. The molecule has 2 rings (SSSR count). The van der Waals surface area contributed by atoms with Gasteiger partial charge in [-0.25, -0.2) is 0 Å². The van der Waals surface area contributed by atoms with Crippen LogP contribution in [0.4, 0.5) is 0 Å². The highest BCUT2D eigenvalue weighted by Gasteiger charge is 2.12. The standard InChI is InChI=1S/C15H14O2/c1-17-11-13-9-5-6-10-14(13)15(16)12-7-3-2-4-8-12/h2-10H,11H2,1H3. The van der Waals surface area contributed by atoms with Gasteiger partial charge >= 0.3 is 0 Å². The second-order valence-electron chi connectivity index (χ2n) is 3.79. The summed E-state index contributed by atoms with van der Waals surface area (Å²) < 4.78 is 5.10. The molecule has 0 atom stereocenters. The third kappa shape index (κ3) is 2.60. The first-order chi connectivity index (χ1) is 8.33. The van der Waals surface area contributed by atoms with Crippen molar-refractivity contribution in [3.8, 4) is 0 Å². The Balaban J connectivity index is 2.37. The van der Waals surface area contributed by atoms with Crippen molar-refractivity contribution in [1.29, 1.82) is 0 Å². The predicted molar refractivity (Wildman–Crippen MR) is 67.0 cm³/mol. The van der Waals surface area contributed by atoms with Gasteiger partial charge in [-0.05, 0) is 5.56 Å². The minimum atomic E-state index is 0.0400. The number of hydrogen-bond donors (Lipinski definition) is 0. The molecule has 0 bridgehead atoms. The van der Waals surface area contributed by atoms with Gasteiger partial charge in [0.25, 0.3) is 0 Å². The molecule has 0 saturated carbocycles. The number of carbonyl (C=O) groups is 1. The van der Waals surface area contributed by atoms with Gasteiger partial charge in [0.05, 0.1) is 6.61 Å². The van der Waals surface area contributed by atoms with Crippen LogP contribution in [-0.2, 0) is 11.3 Å². The number of rotatable bonds is 4. The van der Waals surface area contributed by atoms with Gasteiger partial charge in [0.1, 0.15) is 0 Å². The Bertz CT molecular complexity index is 503. The Morgan fingerprint density at radius 2 is 1.65 bits per heavy atom. The fraction of sp³-hybridized carbons (Fsp3) is 0.133. The van der Waals surface area contributed by atoms with Crippen LogP contribution in [0.2, 0.25) is 0 Å². The van der Waals surface area contributed by atoms with E-state index in [1.165, 1.54) is 0 Å². The zero-order chi connectivity index (χ0) is 12.1. The van der Waals surface area contributed by atoms with Crippen molar-refractivity contribution < 1.29 is 9.53 Å². The number of carbonyl (C=O) groups excluding carboxylic acids is 1. The molecule has 0 unspecified atom stereocenters. The van der Waals surface area contributed by atoms with Crippen LogP contribution in [0.5, 0.6) is 0 Å². The first kappa shape index (κ1) is 11.6. The van der Waals surface area contributed by atoms with Gasteiger partial charge in [0.15, 0.2) is 5.78 Å². The minimum absolute atomic E-state index is 0.0400. The molecule has 0 aliphatic rings. The summed E-state index contributed by atoms with van der Waals surface area (Å²) in [5, 5.41) is 0. The molecule has 2 aromatic carbocycles. The van der Waals surface area contributed by atoms with E-state index in [4.69, 9.17) is 4.74 Å². The van der Waals surface area contributed by atoms with Crippen LogP contribution in [0.3, 0.4) is 0 Å². The summed E-state index contributed by atoms with van der Waals surface area (Å²) in [5.74, 6) is 0.0400. The quantitative estimate of drug-likeness (QED) is 0.749. The van der Waals surface area contributed by atoms with Crippen LogP contribution in [0.15, 0.2) is 54.6 Å². The zero-order valence-electron chi connectivity index (χ0n) is 9.72. The fourth-order valence-corrected chi connectivity index (χ4v) is 1.77. The summed E-state index contributed by atoms with van der Waals surface area (Å²) in [6, 6.07) is 16.8. The van der Waals surface area contributed by atoms with Gasteiger partial charge in [0.2, 0.25) is 0 Å². The number of hydrogen-bond acceptors (Lipinski definition) is 2. The summed E-state index contributed by atoms with van der Waals surface area (Å²) in [6.45, 7) is 0.453. The van der Waals surface area contributed by atoms with Crippen LogP contribution in [-0.4, -0.2) is 12.9 Å². The van der Waals surface area contributed by atoms with E-state index in [0.29, 0.717) is 17.7 Å². The zero-order valence-corrected chi connectivity index (χ0v) is 9.72. The van der Waals surface area contributed by atoms with Crippen LogP contribution >= 0.6 is 0 Å². The van der Waals surface area contributed by atoms with Crippen molar-refractivity contribution in [2.24, 2.45) is 0 Å². The number of benzene rings is 2. The van der Waals surface area contributed by atoms with E-state index in [1.807, 2.05) is 54.6 Å². The Labute approximate surface area is 101 Å². The predicted octanol–water partition coefficient (Wildman–Crippen LogP) is 3.06. The molecule has 0 saturated heterocycles. The highest BCUT2D eigenvalue weighted by Crippen LogP contribution is 2.15. The first-order valence-corrected chi connectivity index (χ1v) is 5.49. The lowest BCUT2D eigenvalue weighted by Gasteiger charge is -2.07. The van der Waals surface area contributed by atoms with Crippen LogP contribution in [0, 0.1) is 0 Å². The van der Waals surface area contributed by atoms with E-state index < -0.39 is 0 Å². The van der Waals surface area contributed by atoms with Crippen LogP contribution < -0.4 is 0 Å². The van der Waals surface area contributed by atoms with E-state index in [0.717, 1.165) is 5.56 Å². The van der Waals surface area contributed by atoms with Gasteiger partial charge in [-0.15, -0.1) is 0 Å². The molecule has 0 radical (unpaired) electrons. The monoisotopic (exact) mass is 226 g/mol. The summed E-state index contributed by atoms with van der Waals surface area (Å²) in [6.07, 6.45) is 0. The number of methoxy groups -OCH3 is 1. The summed E-state index contributed by atoms with van der Waals surface area (Å²) in [5.41, 5.74) is 2.33. The maximum Gasteiger partial charge on any atom is 0.193 e. The van der Waals surface area contributed by atoms with Gasteiger partial charge in [-0.3, -0.25) is 4.79 Å². The average molecular weight is 226 g/mol. The minimum Gasteiger partial charge on any atom is -0.380 e. The van der Waals surface area contributed by atoms with Crippen molar-refractivity contribution in [3.05, 3.63) is 71.3 Å². The third-order valence-corrected chi connectivity index (χ3v) is 2.60. The second kappa shape index (κ2) is 5.41. The normalized spacial score (nSPS) is 10.2. The smallest absolute Gasteiger partial charge is 0.193 e. The molecule has 0 aliphatic carbocycles. The molecular weight excluding hydrogens is 212 g/mol. The average Bonchev–Trinajstić information content (AvgIpc) is 2.40. The van der Waals surface area contributed by atoms with Gasteiger partial charge < -0.3 is 4.74 Å². The van der Waals surface area contributed by atoms with Gasteiger partial charge in [0, 0.05) is 18.2 Å². The van der Waals surface area contributed by atoms with Crippen molar-refractivity contribution >= 4 is 5.78 Å². The summed E-state index contributed by atoms with van der Waals surface area (Å²) >= 11 is 0. The van der Waals surface area contributed by atoms with E-state index in [9.17, 15) is 4.79 Å². The summed E-state index contributed by atoms with van der Waals surface area (Å²) in [7, 11) is 1.63. The van der Waals surface area contributed by atoms with Crippen molar-refractivity contribution in [2.45, 2.75) is 6.61 Å². The van der Waals surface area contributed by atoms with E-state index >= 15 is 0 Å². The van der Waals surface area contributed by atoms with Crippen molar-refractivity contribution in [2.75, 3.05) is 7.11 Å². The molecule has 0 aromatic heterocycles. The van der Waals surface area contributed by atoms with Crippen molar-refractivity contribution in [1.82, 2.24) is 0 Å². The van der Waals surface area contributed by atoms with E-state index in [2.05, 4.69) is 0 Å². The summed E-state index contributed by atoms with van der Waals surface area (Å²) in [4.78, 5) is 12.3. The lowest BCUT2D eigenvalue weighted by Crippen LogP contribution is -2.05. The molecule has 0 N–H and O–H groups in total.